The lowest BCUT2D eigenvalue weighted by atomic mass is 10.3. The first-order valence-corrected chi connectivity index (χ1v) is 5.93. The van der Waals surface area contributed by atoms with E-state index in [4.69, 9.17) is 9.52 Å². The number of rotatable bonds is 5. The molecule has 5 heteroatoms. The van der Waals surface area contributed by atoms with Crippen molar-refractivity contribution in [3.63, 3.8) is 0 Å². The third-order valence-electron chi connectivity index (χ3n) is 2.69. The van der Waals surface area contributed by atoms with Crippen LogP contribution in [0, 0.1) is 6.92 Å². The second kappa shape index (κ2) is 5.64. The number of aliphatic hydroxyl groups excluding tert-OH is 1. The van der Waals surface area contributed by atoms with Crippen LogP contribution in [0.15, 0.2) is 28.7 Å². The third kappa shape index (κ3) is 2.87. The molecule has 96 valence electrons. The molecule has 0 amide bonds. The number of aryl methyl sites for hydroxylation is 1. The van der Waals surface area contributed by atoms with Gasteiger partial charge in [-0.3, -0.25) is 0 Å². The van der Waals surface area contributed by atoms with Crippen molar-refractivity contribution in [2.75, 3.05) is 25.1 Å². The fourth-order valence-corrected chi connectivity index (χ4v) is 1.65. The summed E-state index contributed by atoms with van der Waals surface area (Å²) in [6, 6.07) is 7.57. The van der Waals surface area contributed by atoms with Crippen molar-refractivity contribution in [1.82, 2.24) is 10.2 Å². The highest BCUT2D eigenvalue weighted by atomic mass is 16.3. The maximum absolute atomic E-state index is 8.78. The van der Waals surface area contributed by atoms with Gasteiger partial charge in [0.15, 0.2) is 11.6 Å². The molecule has 0 radical (unpaired) electrons. The summed E-state index contributed by atoms with van der Waals surface area (Å²) in [6.45, 7) is 2.83. The predicted molar refractivity (Wildman–Crippen MR) is 69.4 cm³/mol. The molecule has 0 saturated heterocycles. The van der Waals surface area contributed by atoms with Gasteiger partial charge in [-0.05, 0) is 37.6 Å². The molecule has 0 bridgehead atoms. The van der Waals surface area contributed by atoms with Gasteiger partial charge in [0.05, 0.1) is 0 Å². The fourth-order valence-electron chi connectivity index (χ4n) is 1.65. The van der Waals surface area contributed by atoms with Crippen LogP contribution in [0.4, 0.5) is 5.82 Å². The molecule has 0 unspecified atom stereocenters. The average Bonchev–Trinajstić information content (AvgIpc) is 2.83. The van der Waals surface area contributed by atoms with Gasteiger partial charge >= 0.3 is 0 Å². The van der Waals surface area contributed by atoms with Crippen molar-refractivity contribution in [3.05, 3.63) is 30.0 Å². The molecule has 2 heterocycles. The quantitative estimate of drug-likeness (QED) is 0.873. The molecular formula is C13H17N3O2. The van der Waals surface area contributed by atoms with Gasteiger partial charge in [-0.1, -0.05) is 0 Å². The summed E-state index contributed by atoms with van der Waals surface area (Å²) in [6.07, 6.45) is 0.720. The topological polar surface area (TPSA) is 62.4 Å². The largest absolute Gasteiger partial charge is 0.460 e. The van der Waals surface area contributed by atoms with Gasteiger partial charge in [0.25, 0.3) is 0 Å². The lowest BCUT2D eigenvalue weighted by molar-refractivity contribution is 0.290. The van der Waals surface area contributed by atoms with Crippen LogP contribution in [0.25, 0.3) is 11.5 Å². The van der Waals surface area contributed by atoms with Gasteiger partial charge in [-0.15, -0.1) is 10.2 Å². The van der Waals surface area contributed by atoms with Crippen LogP contribution in [-0.4, -0.2) is 35.5 Å². The summed E-state index contributed by atoms with van der Waals surface area (Å²) in [5.74, 6) is 2.37. The minimum atomic E-state index is 0.182. The Hall–Kier alpha value is -1.88. The van der Waals surface area contributed by atoms with Crippen LogP contribution >= 0.6 is 0 Å². The van der Waals surface area contributed by atoms with Crippen molar-refractivity contribution in [2.24, 2.45) is 0 Å². The Balaban J connectivity index is 2.10. The molecule has 0 aliphatic heterocycles. The first kappa shape index (κ1) is 12.6. The molecule has 2 rings (SSSR count). The van der Waals surface area contributed by atoms with Gasteiger partial charge in [0.1, 0.15) is 11.5 Å². The van der Waals surface area contributed by atoms with Gasteiger partial charge in [0, 0.05) is 20.2 Å². The van der Waals surface area contributed by atoms with E-state index in [0.29, 0.717) is 0 Å². The van der Waals surface area contributed by atoms with E-state index in [0.717, 1.165) is 36.0 Å². The van der Waals surface area contributed by atoms with E-state index in [-0.39, 0.29) is 6.61 Å². The Morgan fingerprint density at radius 1 is 1.22 bits per heavy atom. The molecule has 2 aromatic heterocycles. The standard InChI is InChI=1S/C13H17N3O2/c1-10-4-6-12(18-10)11-5-7-13(15-14-11)16(2)8-3-9-17/h4-7,17H,3,8-9H2,1-2H3. The van der Waals surface area contributed by atoms with E-state index in [1.807, 2.05) is 43.1 Å². The molecule has 0 atom stereocenters. The van der Waals surface area contributed by atoms with Crippen molar-refractivity contribution in [1.29, 1.82) is 0 Å². The predicted octanol–water partition coefficient (Wildman–Crippen LogP) is 1.86. The third-order valence-corrected chi connectivity index (χ3v) is 2.69. The Morgan fingerprint density at radius 3 is 2.61 bits per heavy atom. The van der Waals surface area contributed by atoms with Crippen LogP contribution in [0.5, 0.6) is 0 Å². The summed E-state index contributed by atoms with van der Waals surface area (Å²) < 4.78 is 5.49. The first-order valence-electron chi connectivity index (χ1n) is 5.93. The first-order chi connectivity index (χ1) is 8.70. The molecule has 0 aromatic carbocycles. The van der Waals surface area contributed by atoms with Crippen LogP contribution in [0.3, 0.4) is 0 Å². The van der Waals surface area contributed by atoms with E-state index in [2.05, 4.69) is 10.2 Å². The average molecular weight is 247 g/mol. The smallest absolute Gasteiger partial charge is 0.154 e. The van der Waals surface area contributed by atoms with Crippen LogP contribution in [0.1, 0.15) is 12.2 Å². The molecule has 0 spiro atoms. The van der Waals surface area contributed by atoms with Crippen molar-refractivity contribution < 1.29 is 9.52 Å². The Bertz CT molecular complexity index is 493. The zero-order valence-electron chi connectivity index (χ0n) is 10.6. The van der Waals surface area contributed by atoms with Crippen molar-refractivity contribution in [3.8, 4) is 11.5 Å². The van der Waals surface area contributed by atoms with E-state index >= 15 is 0 Å². The number of nitrogens with zero attached hydrogens (tertiary/aromatic N) is 3. The molecule has 0 fully saturated rings. The molecular weight excluding hydrogens is 230 g/mol. The highest BCUT2D eigenvalue weighted by Gasteiger charge is 2.07. The SMILES string of the molecule is Cc1ccc(-c2ccc(N(C)CCCO)nn2)o1. The Kier molecular flexibility index (Phi) is 3.94. The molecule has 1 N–H and O–H groups in total. The second-order valence-electron chi connectivity index (χ2n) is 4.19. The molecule has 0 saturated carbocycles. The zero-order valence-corrected chi connectivity index (χ0v) is 10.6. The number of hydrogen-bond donors (Lipinski definition) is 1. The van der Waals surface area contributed by atoms with Gasteiger partial charge in [-0.2, -0.15) is 0 Å². The fraction of sp³-hybridized carbons (Fsp3) is 0.385. The van der Waals surface area contributed by atoms with Gasteiger partial charge in [-0.25, -0.2) is 0 Å². The Morgan fingerprint density at radius 2 is 2.06 bits per heavy atom. The number of aliphatic hydroxyl groups is 1. The minimum Gasteiger partial charge on any atom is -0.460 e. The molecule has 0 aliphatic carbocycles. The number of hydrogen-bond acceptors (Lipinski definition) is 5. The van der Waals surface area contributed by atoms with Gasteiger partial charge < -0.3 is 14.4 Å². The van der Waals surface area contributed by atoms with E-state index in [1.54, 1.807) is 0 Å². The summed E-state index contributed by atoms with van der Waals surface area (Å²) in [4.78, 5) is 1.96. The number of aromatic nitrogens is 2. The lowest BCUT2D eigenvalue weighted by Gasteiger charge is -2.16. The van der Waals surface area contributed by atoms with E-state index in [9.17, 15) is 0 Å². The van der Waals surface area contributed by atoms with Crippen molar-refractivity contribution >= 4 is 5.82 Å². The molecule has 2 aromatic rings. The maximum Gasteiger partial charge on any atom is 0.154 e. The van der Waals surface area contributed by atoms with E-state index < -0.39 is 0 Å². The van der Waals surface area contributed by atoms with Crippen LogP contribution in [0.2, 0.25) is 0 Å². The summed E-state index contributed by atoms with van der Waals surface area (Å²) in [7, 11) is 1.93. The Labute approximate surface area is 106 Å². The zero-order chi connectivity index (χ0) is 13.0. The van der Waals surface area contributed by atoms with Gasteiger partial charge in [0.2, 0.25) is 0 Å². The number of furan rings is 1. The van der Waals surface area contributed by atoms with E-state index in [1.165, 1.54) is 0 Å². The summed E-state index contributed by atoms with van der Waals surface area (Å²) in [5, 5.41) is 17.1. The second-order valence-corrected chi connectivity index (χ2v) is 4.19. The monoisotopic (exact) mass is 247 g/mol. The molecule has 5 nitrogen and oxygen atoms in total. The van der Waals surface area contributed by atoms with Crippen molar-refractivity contribution in [2.45, 2.75) is 13.3 Å². The lowest BCUT2D eigenvalue weighted by Crippen LogP contribution is -2.20. The van der Waals surface area contributed by atoms with Crippen LogP contribution < -0.4 is 4.90 Å². The maximum atomic E-state index is 8.78. The minimum absolute atomic E-state index is 0.182. The molecule has 18 heavy (non-hydrogen) atoms. The number of anilines is 1. The highest BCUT2D eigenvalue weighted by molar-refractivity contribution is 5.53. The molecule has 0 aliphatic rings. The van der Waals surface area contributed by atoms with Crippen LogP contribution in [-0.2, 0) is 0 Å². The summed E-state index contributed by atoms with van der Waals surface area (Å²) >= 11 is 0. The highest BCUT2D eigenvalue weighted by Crippen LogP contribution is 2.20. The summed E-state index contributed by atoms with van der Waals surface area (Å²) in [5.41, 5.74) is 0.724. The normalized spacial score (nSPS) is 10.6.